The average Bonchev–Trinajstić information content (AvgIpc) is 2.75. The molecule has 0 radical (unpaired) electrons. The number of unbranched alkanes of at least 4 members (excludes halogenated alkanes) is 7. The lowest BCUT2D eigenvalue weighted by molar-refractivity contribution is -0.212. The molecule has 0 fully saturated rings. The summed E-state index contributed by atoms with van der Waals surface area (Å²) in [6.07, 6.45) is 8.85. The number of carbonyl (C=O) groups is 3. The molecule has 3 atom stereocenters. The van der Waals surface area contributed by atoms with Gasteiger partial charge < -0.3 is 20.4 Å². The van der Waals surface area contributed by atoms with Gasteiger partial charge in [-0.05, 0) is 31.6 Å². The fourth-order valence-electron chi connectivity index (χ4n) is 5.28. The van der Waals surface area contributed by atoms with Crippen molar-refractivity contribution < 1.29 is 34.8 Å². The molecule has 0 saturated carbocycles. The molecule has 0 aromatic rings. The van der Waals surface area contributed by atoms with Crippen LogP contribution in [0.25, 0.3) is 0 Å². The molecule has 0 aromatic carbocycles. The zero-order valence-electron chi connectivity index (χ0n) is 21.3. The third-order valence-corrected chi connectivity index (χ3v) is 7.15. The van der Waals surface area contributed by atoms with E-state index in [0.717, 1.165) is 38.5 Å². The molecular formula is C26H48O7. The monoisotopic (exact) mass is 472 g/mol. The fraction of sp³-hybridized carbons (Fsp3) is 0.885. The number of aliphatic hydroxyl groups is 1. The van der Waals surface area contributed by atoms with Gasteiger partial charge in [0.15, 0.2) is 5.60 Å². The van der Waals surface area contributed by atoms with Gasteiger partial charge in [-0.15, -0.1) is 0 Å². The Morgan fingerprint density at radius 2 is 1.12 bits per heavy atom. The predicted octanol–water partition coefficient (Wildman–Crippen LogP) is 6.12. The van der Waals surface area contributed by atoms with Crippen molar-refractivity contribution in [2.24, 2.45) is 17.3 Å². The Morgan fingerprint density at radius 3 is 1.48 bits per heavy atom. The predicted molar refractivity (Wildman–Crippen MR) is 129 cm³/mol. The highest BCUT2D eigenvalue weighted by Gasteiger charge is 2.66. The first-order valence-corrected chi connectivity index (χ1v) is 13.0. The number of carboxylic acids is 3. The van der Waals surface area contributed by atoms with E-state index in [1.54, 1.807) is 0 Å². The minimum atomic E-state index is -2.89. The highest BCUT2D eigenvalue weighted by Crippen LogP contribution is 2.50. The molecule has 194 valence electrons. The van der Waals surface area contributed by atoms with E-state index in [2.05, 4.69) is 6.92 Å². The van der Waals surface area contributed by atoms with Gasteiger partial charge in [0.1, 0.15) is 11.3 Å². The summed E-state index contributed by atoms with van der Waals surface area (Å²) in [5, 5.41) is 42.7. The molecule has 0 aliphatic carbocycles. The number of carboxylic acid groups (broad SMARTS) is 3. The molecule has 0 bridgehead atoms. The summed E-state index contributed by atoms with van der Waals surface area (Å²) >= 11 is 0. The Bertz CT molecular complexity index is 579. The van der Waals surface area contributed by atoms with Crippen molar-refractivity contribution in [1.82, 2.24) is 0 Å². The second kappa shape index (κ2) is 16.1. The standard InChI is InChI=1S/C26H48O7/c1-5-9-12-13-17-20(16-8-4)21(22(27)28)26(33,24(31)32)25(23(29)30,18-14-10-6-2)19-15-11-7-3/h20-21,33H,5-19H2,1-4H3,(H,27,28)(H,29,30)(H,31,32). The quantitative estimate of drug-likeness (QED) is 0.148. The normalized spacial score (nSPS) is 15.5. The summed E-state index contributed by atoms with van der Waals surface area (Å²) < 4.78 is 0. The summed E-state index contributed by atoms with van der Waals surface area (Å²) in [5.41, 5.74) is -4.95. The summed E-state index contributed by atoms with van der Waals surface area (Å²) in [5.74, 6) is -6.87. The molecule has 7 nitrogen and oxygen atoms in total. The van der Waals surface area contributed by atoms with Crippen molar-refractivity contribution in [2.75, 3.05) is 0 Å². The molecular weight excluding hydrogens is 424 g/mol. The SMILES string of the molecule is CCCCCCC(CCC)C(C(=O)O)C(O)(C(=O)O)C(CCCCC)(CCCCC)C(=O)O. The lowest BCUT2D eigenvalue weighted by atomic mass is 9.57. The summed E-state index contributed by atoms with van der Waals surface area (Å²) in [6, 6.07) is 0. The minimum absolute atomic E-state index is 0.0544. The summed E-state index contributed by atoms with van der Waals surface area (Å²) in [6.45, 7) is 7.87. The van der Waals surface area contributed by atoms with Crippen molar-refractivity contribution in [2.45, 2.75) is 130 Å². The molecule has 3 unspecified atom stereocenters. The van der Waals surface area contributed by atoms with Crippen LogP contribution in [0.3, 0.4) is 0 Å². The molecule has 4 N–H and O–H groups in total. The van der Waals surface area contributed by atoms with E-state index in [1.165, 1.54) is 0 Å². The van der Waals surface area contributed by atoms with Gasteiger partial charge in [-0.3, -0.25) is 9.59 Å². The van der Waals surface area contributed by atoms with Crippen molar-refractivity contribution in [3.8, 4) is 0 Å². The number of aliphatic carboxylic acids is 3. The maximum absolute atomic E-state index is 12.8. The maximum Gasteiger partial charge on any atom is 0.337 e. The molecule has 0 aliphatic heterocycles. The lowest BCUT2D eigenvalue weighted by Crippen LogP contribution is -2.65. The summed E-state index contributed by atoms with van der Waals surface area (Å²) in [7, 11) is 0. The Morgan fingerprint density at radius 1 is 0.636 bits per heavy atom. The van der Waals surface area contributed by atoms with Crippen LogP contribution >= 0.6 is 0 Å². The zero-order chi connectivity index (χ0) is 25.5. The third-order valence-electron chi connectivity index (χ3n) is 7.15. The Balaban J connectivity index is 6.62. The van der Waals surface area contributed by atoms with Crippen LogP contribution in [0.15, 0.2) is 0 Å². The molecule has 0 heterocycles. The minimum Gasteiger partial charge on any atom is -0.481 e. The molecule has 0 saturated heterocycles. The molecule has 0 spiro atoms. The van der Waals surface area contributed by atoms with E-state index in [9.17, 15) is 34.8 Å². The topological polar surface area (TPSA) is 132 Å². The fourth-order valence-corrected chi connectivity index (χ4v) is 5.28. The van der Waals surface area contributed by atoms with Crippen LogP contribution < -0.4 is 0 Å². The Kier molecular flexibility index (Phi) is 15.3. The van der Waals surface area contributed by atoms with E-state index >= 15 is 0 Å². The maximum atomic E-state index is 12.8. The van der Waals surface area contributed by atoms with Crippen LogP contribution in [0.5, 0.6) is 0 Å². The smallest absolute Gasteiger partial charge is 0.337 e. The van der Waals surface area contributed by atoms with Gasteiger partial charge >= 0.3 is 17.9 Å². The second-order valence-electron chi connectivity index (χ2n) is 9.59. The zero-order valence-corrected chi connectivity index (χ0v) is 21.3. The molecule has 0 aromatic heterocycles. The van der Waals surface area contributed by atoms with Crippen LogP contribution in [-0.2, 0) is 14.4 Å². The molecule has 33 heavy (non-hydrogen) atoms. The first-order chi connectivity index (χ1) is 15.6. The van der Waals surface area contributed by atoms with E-state index in [4.69, 9.17) is 0 Å². The van der Waals surface area contributed by atoms with Gasteiger partial charge in [-0.25, -0.2) is 4.79 Å². The Labute approximate surface area is 200 Å². The van der Waals surface area contributed by atoms with Gasteiger partial charge in [-0.2, -0.15) is 0 Å². The average molecular weight is 473 g/mol. The molecule has 0 amide bonds. The lowest BCUT2D eigenvalue weighted by Gasteiger charge is -2.47. The Hall–Kier alpha value is -1.63. The largest absolute Gasteiger partial charge is 0.481 e. The van der Waals surface area contributed by atoms with Gasteiger partial charge in [0, 0.05) is 0 Å². The summed E-state index contributed by atoms with van der Waals surface area (Å²) in [4.78, 5) is 38.0. The van der Waals surface area contributed by atoms with Crippen molar-refractivity contribution in [3.63, 3.8) is 0 Å². The first-order valence-electron chi connectivity index (χ1n) is 13.0. The third kappa shape index (κ3) is 8.27. The second-order valence-corrected chi connectivity index (χ2v) is 9.59. The van der Waals surface area contributed by atoms with Crippen LogP contribution in [0.1, 0.15) is 124 Å². The molecule has 7 heteroatoms. The van der Waals surface area contributed by atoms with E-state index in [0.29, 0.717) is 44.9 Å². The van der Waals surface area contributed by atoms with Crippen LogP contribution in [-0.4, -0.2) is 43.9 Å². The van der Waals surface area contributed by atoms with Gasteiger partial charge in [-0.1, -0.05) is 98.3 Å². The van der Waals surface area contributed by atoms with Crippen LogP contribution in [0.2, 0.25) is 0 Å². The van der Waals surface area contributed by atoms with Gasteiger partial charge in [0.05, 0.1) is 0 Å². The number of hydrogen-bond donors (Lipinski definition) is 4. The van der Waals surface area contributed by atoms with E-state index in [1.807, 2.05) is 20.8 Å². The van der Waals surface area contributed by atoms with Crippen molar-refractivity contribution in [3.05, 3.63) is 0 Å². The molecule has 0 rings (SSSR count). The molecule has 0 aliphatic rings. The number of rotatable bonds is 21. The van der Waals surface area contributed by atoms with Gasteiger partial charge in [0.2, 0.25) is 0 Å². The van der Waals surface area contributed by atoms with Crippen LogP contribution in [0, 0.1) is 17.3 Å². The van der Waals surface area contributed by atoms with Crippen molar-refractivity contribution >= 4 is 17.9 Å². The number of hydrogen-bond acceptors (Lipinski definition) is 4. The highest BCUT2D eigenvalue weighted by molar-refractivity contribution is 5.93. The van der Waals surface area contributed by atoms with Crippen LogP contribution in [0.4, 0.5) is 0 Å². The first kappa shape index (κ1) is 31.4. The van der Waals surface area contributed by atoms with E-state index < -0.39 is 40.8 Å². The highest BCUT2D eigenvalue weighted by atomic mass is 16.4. The van der Waals surface area contributed by atoms with E-state index in [-0.39, 0.29) is 12.8 Å². The van der Waals surface area contributed by atoms with Crippen molar-refractivity contribution in [1.29, 1.82) is 0 Å². The van der Waals surface area contributed by atoms with Gasteiger partial charge in [0.25, 0.3) is 0 Å².